The zero-order chi connectivity index (χ0) is 13.4. The second kappa shape index (κ2) is 4.57. The van der Waals surface area contributed by atoms with E-state index in [0.717, 1.165) is 28.5 Å². The van der Waals surface area contributed by atoms with Gasteiger partial charge in [0.2, 0.25) is 0 Å². The molecule has 1 atom stereocenters. The van der Waals surface area contributed by atoms with Crippen molar-refractivity contribution >= 4 is 16.7 Å². The van der Waals surface area contributed by atoms with Crippen LogP contribution in [0.4, 0.5) is 0 Å². The fourth-order valence-corrected chi connectivity index (χ4v) is 2.98. The van der Waals surface area contributed by atoms with Crippen molar-refractivity contribution in [2.24, 2.45) is 5.92 Å². The first-order chi connectivity index (χ1) is 9.20. The highest BCUT2D eigenvalue weighted by atomic mass is 16.5. The van der Waals surface area contributed by atoms with Crippen molar-refractivity contribution in [3.63, 3.8) is 0 Å². The number of hydrogen-bond donors (Lipinski definition) is 1. The van der Waals surface area contributed by atoms with Gasteiger partial charge in [-0.15, -0.1) is 0 Å². The largest absolute Gasteiger partial charge is 0.496 e. The molecule has 0 aromatic heterocycles. The molecule has 3 heteroatoms. The number of ether oxygens (including phenoxy) is 1. The summed E-state index contributed by atoms with van der Waals surface area (Å²) in [6.07, 6.45) is 2.09. The molecule has 2 aromatic rings. The van der Waals surface area contributed by atoms with Gasteiger partial charge in [-0.3, -0.25) is 4.79 Å². The molecule has 1 N–H and O–H groups in total. The van der Waals surface area contributed by atoms with E-state index in [4.69, 9.17) is 4.74 Å². The average molecular weight is 256 g/mol. The molecule has 0 aliphatic heterocycles. The Morgan fingerprint density at radius 1 is 1.37 bits per heavy atom. The van der Waals surface area contributed by atoms with Gasteiger partial charge in [-0.2, -0.15) is 0 Å². The molecule has 0 heterocycles. The molecule has 0 bridgehead atoms. The van der Waals surface area contributed by atoms with Crippen molar-refractivity contribution in [1.82, 2.24) is 0 Å². The topological polar surface area (TPSA) is 46.5 Å². The number of aliphatic carboxylic acids is 1. The van der Waals surface area contributed by atoms with E-state index in [1.54, 1.807) is 7.11 Å². The monoisotopic (exact) mass is 256 g/mol. The fourth-order valence-electron chi connectivity index (χ4n) is 2.98. The lowest BCUT2D eigenvalue weighted by Crippen LogP contribution is -2.22. The van der Waals surface area contributed by atoms with Gasteiger partial charge in [-0.1, -0.05) is 30.3 Å². The van der Waals surface area contributed by atoms with Crippen LogP contribution in [0.1, 0.15) is 17.5 Å². The van der Waals surface area contributed by atoms with Gasteiger partial charge >= 0.3 is 5.97 Å². The Bertz CT molecular complexity index is 646. The van der Waals surface area contributed by atoms with Crippen LogP contribution in [0.25, 0.3) is 10.8 Å². The van der Waals surface area contributed by atoms with Crippen LogP contribution in [0.15, 0.2) is 30.3 Å². The van der Waals surface area contributed by atoms with E-state index in [-0.39, 0.29) is 5.92 Å². The summed E-state index contributed by atoms with van der Waals surface area (Å²) in [7, 11) is 1.66. The molecule has 0 unspecified atom stereocenters. The quantitative estimate of drug-likeness (QED) is 0.898. The summed E-state index contributed by atoms with van der Waals surface area (Å²) in [4.78, 5) is 11.2. The van der Waals surface area contributed by atoms with Crippen LogP contribution in [0.2, 0.25) is 0 Å². The van der Waals surface area contributed by atoms with Gasteiger partial charge in [0, 0.05) is 5.39 Å². The molecule has 0 amide bonds. The van der Waals surface area contributed by atoms with Gasteiger partial charge in [-0.25, -0.2) is 0 Å². The molecule has 1 aliphatic rings. The van der Waals surface area contributed by atoms with Gasteiger partial charge in [0.25, 0.3) is 0 Å². The molecule has 1 aliphatic carbocycles. The van der Waals surface area contributed by atoms with Crippen LogP contribution < -0.4 is 4.74 Å². The van der Waals surface area contributed by atoms with Crippen LogP contribution in [0, 0.1) is 5.92 Å². The molecule has 0 fully saturated rings. The number of carboxylic acids is 1. The second-order valence-corrected chi connectivity index (χ2v) is 5.05. The fraction of sp³-hybridized carbons (Fsp3) is 0.312. The Hall–Kier alpha value is -2.03. The van der Waals surface area contributed by atoms with E-state index < -0.39 is 5.97 Å². The van der Waals surface area contributed by atoms with Crippen LogP contribution >= 0.6 is 0 Å². The van der Waals surface area contributed by atoms with Crippen LogP contribution in [0.5, 0.6) is 5.75 Å². The minimum atomic E-state index is -0.708. The average Bonchev–Trinajstić information content (AvgIpc) is 2.44. The second-order valence-electron chi connectivity index (χ2n) is 5.05. The van der Waals surface area contributed by atoms with E-state index in [1.165, 1.54) is 5.56 Å². The van der Waals surface area contributed by atoms with Crippen molar-refractivity contribution in [3.05, 3.63) is 41.5 Å². The SMILES string of the molecule is COc1c2c(cc3ccccc13)CC[C@H](C(=O)O)C2. The summed E-state index contributed by atoms with van der Waals surface area (Å²) in [6, 6.07) is 10.3. The van der Waals surface area contributed by atoms with E-state index in [2.05, 4.69) is 12.1 Å². The summed E-state index contributed by atoms with van der Waals surface area (Å²) in [5.74, 6) is -0.150. The molecule has 19 heavy (non-hydrogen) atoms. The zero-order valence-corrected chi connectivity index (χ0v) is 10.8. The molecule has 0 radical (unpaired) electrons. The summed E-state index contributed by atoms with van der Waals surface area (Å²) < 4.78 is 5.56. The highest BCUT2D eigenvalue weighted by Crippen LogP contribution is 2.38. The number of aryl methyl sites for hydroxylation is 1. The van der Waals surface area contributed by atoms with E-state index >= 15 is 0 Å². The molecule has 0 saturated carbocycles. The first kappa shape index (κ1) is 12.0. The van der Waals surface area contributed by atoms with Crippen molar-refractivity contribution < 1.29 is 14.6 Å². The molecule has 3 rings (SSSR count). The lowest BCUT2D eigenvalue weighted by atomic mass is 9.82. The van der Waals surface area contributed by atoms with E-state index in [1.807, 2.05) is 18.2 Å². The maximum absolute atomic E-state index is 11.2. The van der Waals surface area contributed by atoms with Crippen molar-refractivity contribution in [2.75, 3.05) is 7.11 Å². The lowest BCUT2D eigenvalue weighted by molar-refractivity contribution is -0.142. The Morgan fingerprint density at radius 2 is 2.16 bits per heavy atom. The molecule has 0 saturated heterocycles. The first-order valence-corrected chi connectivity index (χ1v) is 6.51. The Kier molecular flexibility index (Phi) is 2.90. The highest BCUT2D eigenvalue weighted by molar-refractivity contribution is 5.91. The Labute approximate surface area is 111 Å². The third-order valence-electron chi connectivity index (χ3n) is 3.96. The molecule has 3 nitrogen and oxygen atoms in total. The van der Waals surface area contributed by atoms with Gasteiger partial charge in [-0.05, 0) is 35.8 Å². The predicted molar refractivity (Wildman–Crippen MR) is 73.7 cm³/mol. The maximum Gasteiger partial charge on any atom is 0.306 e. The van der Waals surface area contributed by atoms with Crippen molar-refractivity contribution in [1.29, 1.82) is 0 Å². The number of carboxylic acid groups (broad SMARTS) is 1. The summed E-state index contributed by atoms with van der Waals surface area (Å²) in [5.41, 5.74) is 2.30. The van der Waals surface area contributed by atoms with E-state index in [9.17, 15) is 9.90 Å². The highest BCUT2D eigenvalue weighted by Gasteiger charge is 2.27. The summed E-state index contributed by atoms with van der Waals surface area (Å²) in [5, 5.41) is 11.4. The molecular formula is C16H16O3. The third kappa shape index (κ3) is 1.95. The van der Waals surface area contributed by atoms with Crippen molar-refractivity contribution in [3.8, 4) is 5.75 Å². The third-order valence-corrected chi connectivity index (χ3v) is 3.96. The number of methoxy groups -OCH3 is 1. The standard InChI is InChI=1S/C16H16O3/c1-19-15-13-5-3-2-4-10(13)8-11-6-7-12(16(17)18)9-14(11)15/h2-5,8,12H,6-7,9H2,1H3,(H,17,18)/t12-/m0/s1. The Balaban J connectivity index is 2.19. The summed E-state index contributed by atoms with van der Waals surface area (Å²) >= 11 is 0. The molecule has 2 aromatic carbocycles. The maximum atomic E-state index is 11.2. The lowest BCUT2D eigenvalue weighted by Gasteiger charge is -2.24. The van der Waals surface area contributed by atoms with Crippen LogP contribution in [-0.4, -0.2) is 18.2 Å². The first-order valence-electron chi connectivity index (χ1n) is 6.51. The van der Waals surface area contributed by atoms with E-state index in [0.29, 0.717) is 12.8 Å². The minimum Gasteiger partial charge on any atom is -0.496 e. The van der Waals surface area contributed by atoms with Crippen LogP contribution in [-0.2, 0) is 17.6 Å². The number of fused-ring (bicyclic) bond motifs is 2. The summed E-state index contributed by atoms with van der Waals surface area (Å²) in [6.45, 7) is 0. The van der Waals surface area contributed by atoms with Gasteiger partial charge < -0.3 is 9.84 Å². The number of benzene rings is 2. The molecule has 0 spiro atoms. The number of rotatable bonds is 2. The predicted octanol–water partition coefficient (Wildman–Crippen LogP) is 3.04. The smallest absolute Gasteiger partial charge is 0.306 e. The van der Waals surface area contributed by atoms with Crippen molar-refractivity contribution in [2.45, 2.75) is 19.3 Å². The Morgan fingerprint density at radius 3 is 2.89 bits per heavy atom. The number of carbonyl (C=O) groups is 1. The van der Waals surface area contributed by atoms with Crippen LogP contribution in [0.3, 0.4) is 0 Å². The molecule has 98 valence electrons. The van der Waals surface area contributed by atoms with Gasteiger partial charge in [0.15, 0.2) is 0 Å². The van der Waals surface area contributed by atoms with Gasteiger partial charge in [0.1, 0.15) is 5.75 Å². The normalized spacial score (nSPS) is 18.1. The molecular weight excluding hydrogens is 240 g/mol. The van der Waals surface area contributed by atoms with Gasteiger partial charge in [0.05, 0.1) is 13.0 Å². The minimum absolute atomic E-state index is 0.289. The number of hydrogen-bond acceptors (Lipinski definition) is 2. The zero-order valence-electron chi connectivity index (χ0n) is 10.8.